The van der Waals surface area contributed by atoms with Crippen LogP contribution in [0.1, 0.15) is 58.0 Å². The molecule has 0 bridgehead atoms. The average molecular weight is 236 g/mol. The second-order valence-electron chi connectivity index (χ2n) is 5.39. The molecule has 0 fully saturated rings. The van der Waals surface area contributed by atoms with Gasteiger partial charge in [0, 0.05) is 19.0 Å². The number of hydrogen-bond donors (Lipinski definition) is 0. The van der Waals surface area contributed by atoms with E-state index >= 15 is 0 Å². The molecule has 17 heavy (non-hydrogen) atoms. The minimum absolute atomic E-state index is 0.432. The highest BCUT2D eigenvalue weighted by atomic mass is 16.4. The van der Waals surface area contributed by atoms with Gasteiger partial charge in [0.05, 0.1) is 5.69 Å². The number of nitrogens with zero attached hydrogens (tertiary/aromatic N) is 2. The van der Waals surface area contributed by atoms with Crippen LogP contribution in [0.4, 0.5) is 0 Å². The molecule has 0 aliphatic heterocycles. The minimum Gasteiger partial charge on any atom is -0.428 e. The first-order chi connectivity index (χ1) is 8.13. The van der Waals surface area contributed by atoms with Crippen LogP contribution in [-0.4, -0.2) is 11.1 Å². The van der Waals surface area contributed by atoms with Gasteiger partial charge in [0.1, 0.15) is 5.76 Å². The Morgan fingerprint density at radius 2 is 2.24 bits per heavy atom. The Morgan fingerprint density at radius 1 is 1.47 bits per heavy atom. The number of rotatable bonds is 2. The van der Waals surface area contributed by atoms with Crippen LogP contribution in [0, 0.1) is 5.92 Å². The summed E-state index contributed by atoms with van der Waals surface area (Å²) >= 11 is 0. The van der Waals surface area contributed by atoms with E-state index in [1.807, 2.05) is 0 Å². The fourth-order valence-electron chi connectivity index (χ4n) is 2.70. The molecular formula is C14H24N2O. The first kappa shape index (κ1) is 12.5. The number of fused-ring (bicyclic) bond motifs is 1. The van der Waals surface area contributed by atoms with Gasteiger partial charge in [-0.1, -0.05) is 6.92 Å². The molecule has 0 radical (unpaired) electrons. The maximum Gasteiger partial charge on any atom is 0.297 e. The molecule has 1 aliphatic rings. The zero-order valence-corrected chi connectivity index (χ0v) is 11.5. The van der Waals surface area contributed by atoms with Crippen LogP contribution in [0.5, 0.6) is 0 Å². The summed E-state index contributed by atoms with van der Waals surface area (Å²) in [4.78, 5) is 4.48. The Kier molecular flexibility index (Phi) is 3.75. The summed E-state index contributed by atoms with van der Waals surface area (Å²) < 4.78 is 8.27. The van der Waals surface area contributed by atoms with E-state index in [2.05, 4.69) is 37.3 Å². The van der Waals surface area contributed by atoms with Crippen molar-refractivity contribution >= 4 is 0 Å². The predicted molar refractivity (Wildman–Crippen MR) is 69.0 cm³/mol. The van der Waals surface area contributed by atoms with Crippen LogP contribution >= 0.6 is 0 Å². The quantitative estimate of drug-likeness (QED) is 0.726. The smallest absolute Gasteiger partial charge is 0.297 e. The van der Waals surface area contributed by atoms with Crippen LogP contribution < -0.4 is 5.68 Å². The first-order valence-corrected chi connectivity index (χ1v) is 6.87. The van der Waals surface area contributed by atoms with Gasteiger partial charge in [-0.25, -0.2) is 4.99 Å². The first-order valence-electron chi connectivity index (χ1n) is 6.87. The molecule has 3 heteroatoms. The predicted octanol–water partition coefficient (Wildman–Crippen LogP) is 3.10. The Labute approximate surface area is 104 Å². The molecule has 1 aliphatic carbocycles. The van der Waals surface area contributed by atoms with E-state index in [1.165, 1.54) is 24.3 Å². The standard InChI is InChI=1S/C14H24N2O/c1-5-15-14-16(10(2)3)12-8-6-7-11(4)9-13(12)17-14/h10-11H,5-9H2,1-4H3/b15-14-. The number of aromatic nitrogens is 1. The van der Waals surface area contributed by atoms with E-state index in [9.17, 15) is 0 Å². The van der Waals surface area contributed by atoms with Crippen molar-refractivity contribution < 1.29 is 4.42 Å². The Hall–Kier alpha value is -0.990. The number of hydrogen-bond acceptors (Lipinski definition) is 2. The van der Waals surface area contributed by atoms with Gasteiger partial charge in [0.15, 0.2) is 0 Å². The van der Waals surface area contributed by atoms with E-state index in [0.29, 0.717) is 6.04 Å². The van der Waals surface area contributed by atoms with E-state index in [-0.39, 0.29) is 0 Å². The molecule has 1 aromatic rings. The van der Waals surface area contributed by atoms with Crippen LogP contribution in [-0.2, 0) is 12.8 Å². The van der Waals surface area contributed by atoms with Crippen molar-refractivity contribution in [2.24, 2.45) is 10.9 Å². The zero-order valence-electron chi connectivity index (χ0n) is 11.5. The lowest BCUT2D eigenvalue weighted by atomic mass is 10.0. The Balaban J connectivity index is 2.52. The van der Waals surface area contributed by atoms with Gasteiger partial charge in [-0.2, -0.15) is 0 Å². The third-order valence-corrected chi connectivity index (χ3v) is 3.49. The molecule has 0 saturated heterocycles. The summed E-state index contributed by atoms with van der Waals surface area (Å²) in [6.45, 7) is 9.57. The monoisotopic (exact) mass is 236 g/mol. The van der Waals surface area contributed by atoms with E-state index in [1.54, 1.807) is 0 Å². The molecule has 96 valence electrons. The molecule has 0 N–H and O–H groups in total. The summed E-state index contributed by atoms with van der Waals surface area (Å²) in [5.41, 5.74) is 2.21. The molecule has 1 atom stereocenters. The summed E-state index contributed by atoms with van der Waals surface area (Å²) in [7, 11) is 0. The van der Waals surface area contributed by atoms with Gasteiger partial charge < -0.3 is 4.42 Å². The minimum atomic E-state index is 0.432. The molecule has 0 saturated carbocycles. The average Bonchev–Trinajstić information content (AvgIpc) is 2.47. The summed E-state index contributed by atoms with van der Waals surface area (Å²) in [5, 5.41) is 0. The highest BCUT2D eigenvalue weighted by Crippen LogP contribution is 2.25. The second-order valence-corrected chi connectivity index (χ2v) is 5.39. The van der Waals surface area contributed by atoms with Crippen LogP contribution in [0.15, 0.2) is 9.41 Å². The maximum atomic E-state index is 5.99. The van der Waals surface area contributed by atoms with Gasteiger partial charge in [-0.05, 0) is 46.0 Å². The maximum absolute atomic E-state index is 5.99. The molecule has 1 heterocycles. The molecule has 0 aromatic carbocycles. The van der Waals surface area contributed by atoms with Gasteiger partial charge in [0.2, 0.25) is 0 Å². The fraction of sp³-hybridized carbons (Fsp3) is 0.786. The third-order valence-electron chi connectivity index (χ3n) is 3.49. The molecule has 0 amide bonds. The van der Waals surface area contributed by atoms with Crippen molar-refractivity contribution in [3.8, 4) is 0 Å². The highest BCUT2D eigenvalue weighted by Gasteiger charge is 2.22. The van der Waals surface area contributed by atoms with E-state index in [4.69, 9.17) is 4.42 Å². The summed E-state index contributed by atoms with van der Waals surface area (Å²) in [6.07, 6.45) is 4.79. The van der Waals surface area contributed by atoms with Gasteiger partial charge >= 0.3 is 0 Å². The van der Waals surface area contributed by atoms with Crippen molar-refractivity contribution in [1.29, 1.82) is 0 Å². The third kappa shape index (κ3) is 2.48. The summed E-state index contributed by atoms with van der Waals surface area (Å²) in [5.74, 6) is 1.91. The van der Waals surface area contributed by atoms with Crippen molar-refractivity contribution in [2.75, 3.05) is 6.54 Å². The molecule has 1 aromatic heterocycles. The largest absolute Gasteiger partial charge is 0.428 e. The van der Waals surface area contributed by atoms with Crippen LogP contribution in [0.2, 0.25) is 0 Å². The van der Waals surface area contributed by atoms with E-state index in [0.717, 1.165) is 31.0 Å². The summed E-state index contributed by atoms with van der Waals surface area (Å²) in [6, 6.07) is 0.432. The van der Waals surface area contributed by atoms with Crippen molar-refractivity contribution in [1.82, 2.24) is 4.57 Å². The topological polar surface area (TPSA) is 30.4 Å². The Bertz CT molecular complexity index is 440. The highest BCUT2D eigenvalue weighted by molar-refractivity contribution is 5.13. The van der Waals surface area contributed by atoms with Gasteiger partial charge in [-0.3, -0.25) is 4.57 Å². The normalized spacial score (nSPS) is 21.7. The molecular weight excluding hydrogens is 212 g/mol. The van der Waals surface area contributed by atoms with E-state index < -0.39 is 0 Å². The van der Waals surface area contributed by atoms with Crippen molar-refractivity contribution in [2.45, 2.75) is 59.4 Å². The number of oxazole rings is 1. The lowest BCUT2D eigenvalue weighted by Crippen LogP contribution is -2.21. The molecule has 1 unspecified atom stereocenters. The van der Waals surface area contributed by atoms with Crippen molar-refractivity contribution in [3.05, 3.63) is 17.1 Å². The van der Waals surface area contributed by atoms with Gasteiger partial charge in [0.25, 0.3) is 5.68 Å². The second kappa shape index (κ2) is 5.11. The zero-order chi connectivity index (χ0) is 12.4. The molecule has 0 spiro atoms. The molecule has 3 nitrogen and oxygen atoms in total. The van der Waals surface area contributed by atoms with Crippen LogP contribution in [0.3, 0.4) is 0 Å². The lowest BCUT2D eigenvalue weighted by Gasteiger charge is -2.10. The van der Waals surface area contributed by atoms with Gasteiger partial charge in [-0.15, -0.1) is 0 Å². The molecule has 2 rings (SSSR count). The Morgan fingerprint density at radius 3 is 2.88 bits per heavy atom. The lowest BCUT2D eigenvalue weighted by molar-refractivity contribution is 0.387. The van der Waals surface area contributed by atoms with Crippen molar-refractivity contribution in [3.63, 3.8) is 0 Å². The SMILES string of the molecule is CC/N=c1\oc2c(n1C(C)C)CCCC(C)C2. The fourth-order valence-corrected chi connectivity index (χ4v) is 2.70. The van der Waals surface area contributed by atoms with Crippen LogP contribution in [0.25, 0.3) is 0 Å².